The van der Waals surface area contributed by atoms with E-state index < -0.39 is 0 Å². The molecule has 2 aliphatic rings. The molecule has 2 aliphatic heterocycles. The van der Waals surface area contributed by atoms with Gasteiger partial charge in [0.25, 0.3) is 0 Å². The second-order valence-corrected chi connectivity index (χ2v) is 6.48. The van der Waals surface area contributed by atoms with Crippen LogP contribution in [0.2, 0.25) is 0 Å². The zero-order valence-corrected chi connectivity index (χ0v) is 14.0. The Morgan fingerprint density at radius 3 is 2.64 bits per heavy atom. The molecule has 0 spiro atoms. The van der Waals surface area contributed by atoms with Crippen LogP contribution >= 0.6 is 0 Å². The molecular formula is C18H19N7. The lowest BCUT2D eigenvalue weighted by Gasteiger charge is -2.34. The van der Waals surface area contributed by atoms with Crippen molar-refractivity contribution in [3.8, 4) is 0 Å². The van der Waals surface area contributed by atoms with Crippen molar-refractivity contribution < 1.29 is 0 Å². The van der Waals surface area contributed by atoms with Crippen LogP contribution in [0.15, 0.2) is 48.9 Å². The second-order valence-electron chi connectivity index (χ2n) is 6.48. The Kier molecular flexibility index (Phi) is 3.14. The first-order chi connectivity index (χ1) is 12.3. The first kappa shape index (κ1) is 14.3. The number of fused-ring (bicyclic) bond motifs is 2. The number of nitrogens with zero attached hydrogens (tertiary/aromatic N) is 5. The van der Waals surface area contributed by atoms with E-state index in [9.17, 15) is 0 Å². The molecule has 3 aromatic rings. The highest BCUT2D eigenvalue weighted by molar-refractivity contribution is 5.63. The number of H-pyrrole nitrogens is 1. The lowest BCUT2D eigenvalue weighted by atomic mass is 10.1. The van der Waals surface area contributed by atoms with Gasteiger partial charge in [0.2, 0.25) is 0 Å². The third kappa shape index (κ3) is 2.49. The molecule has 0 aliphatic carbocycles. The van der Waals surface area contributed by atoms with E-state index >= 15 is 0 Å². The average molecular weight is 333 g/mol. The largest absolute Gasteiger partial charge is 0.323 e. The number of benzene rings is 1. The van der Waals surface area contributed by atoms with Crippen LogP contribution in [-0.4, -0.2) is 29.8 Å². The maximum Gasteiger partial charge on any atom is 0.153 e. The molecule has 25 heavy (non-hydrogen) atoms. The fourth-order valence-corrected chi connectivity index (χ4v) is 3.45. The fraction of sp³-hybridized carbons (Fsp3) is 0.222. The van der Waals surface area contributed by atoms with Gasteiger partial charge < -0.3 is 10.3 Å². The predicted octanol–water partition coefficient (Wildman–Crippen LogP) is 2.53. The molecule has 1 aromatic carbocycles. The highest BCUT2D eigenvalue weighted by Crippen LogP contribution is 2.28. The average Bonchev–Trinajstić information content (AvgIpc) is 3.33. The summed E-state index contributed by atoms with van der Waals surface area (Å²) in [6.07, 6.45) is 5.94. The Morgan fingerprint density at radius 2 is 1.92 bits per heavy atom. The first-order valence-electron chi connectivity index (χ1n) is 8.38. The van der Waals surface area contributed by atoms with Crippen molar-refractivity contribution in [1.82, 2.24) is 29.8 Å². The van der Waals surface area contributed by atoms with E-state index in [4.69, 9.17) is 0 Å². The molecule has 0 fully saturated rings. The lowest BCUT2D eigenvalue weighted by molar-refractivity contribution is 0.00441. The molecule has 126 valence electrons. The molecule has 0 bridgehead atoms. The summed E-state index contributed by atoms with van der Waals surface area (Å²) >= 11 is 0. The van der Waals surface area contributed by atoms with E-state index in [1.54, 1.807) is 0 Å². The van der Waals surface area contributed by atoms with Gasteiger partial charge in [-0.2, -0.15) is 5.10 Å². The summed E-state index contributed by atoms with van der Waals surface area (Å²) in [7, 11) is 0. The molecule has 0 atom stereocenters. The number of hydrogen-bond donors (Lipinski definition) is 2. The van der Waals surface area contributed by atoms with E-state index in [1.165, 1.54) is 11.1 Å². The monoisotopic (exact) mass is 333 g/mol. The molecule has 4 heterocycles. The van der Waals surface area contributed by atoms with Crippen molar-refractivity contribution in [2.75, 3.05) is 5.32 Å². The van der Waals surface area contributed by atoms with E-state index in [0.717, 1.165) is 42.8 Å². The lowest BCUT2D eigenvalue weighted by Crippen LogP contribution is -2.38. The van der Waals surface area contributed by atoms with Gasteiger partial charge in [-0.3, -0.25) is 9.67 Å². The summed E-state index contributed by atoms with van der Waals surface area (Å²) in [5.41, 5.74) is 3.81. The third-order valence-electron chi connectivity index (χ3n) is 4.70. The van der Waals surface area contributed by atoms with Crippen LogP contribution in [0.1, 0.15) is 22.6 Å². The van der Waals surface area contributed by atoms with Gasteiger partial charge in [-0.15, -0.1) is 0 Å². The molecule has 7 nitrogen and oxygen atoms in total. The Morgan fingerprint density at radius 1 is 1.12 bits per heavy atom. The normalized spacial score (nSPS) is 16.5. The standard InChI is InChI=1S/C18H19N7/c1-13-8-16(22-21-13)20-18-12-24(11-17-19-6-7-25(17)18)23-9-14-4-2-3-5-15(14)10-23/h2-8,12H,9-11H2,1H3,(H2,20,21,22). The topological polar surface area (TPSA) is 65.0 Å². The number of aryl methyl sites for hydroxylation is 1. The number of aromatic nitrogens is 4. The second kappa shape index (κ2) is 5.49. The van der Waals surface area contributed by atoms with Crippen molar-refractivity contribution in [3.63, 3.8) is 0 Å². The minimum absolute atomic E-state index is 0.756. The van der Waals surface area contributed by atoms with Crippen molar-refractivity contribution in [1.29, 1.82) is 0 Å². The molecular weight excluding hydrogens is 314 g/mol. The van der Waals surface area contributed by atoms with Crippen molar-refractivity contribution in [3.05, 3.63) is 71.6 Å². The predicted molar refractivity (Wildman–Crippen MR) is 94.7 cm³/mol. The SMILES string of the molecule is Cc1cc(NC2=CN(N3Cc4ccccc4C3)Cc3nccn32)n[nH]1. The van der Waals surface area contributed by atoms with Gasteiger partial charge in [0.05, 0.1) is 12.7 Å². The van der Waals surface area contributed by atoms with Gasteiger partial charge in [-0.05, 0) is 18.1 Å². The van der Waals surface area contributed by atoms with E-state index in [2.05, 4.69) is 65.5 Å². The van der Waals surface area contributed by atoms with Gasteiger partial charge in [-0.25, -0.2) is 9.99 Å². The molecule has 5 rings (SSSR count). The van der Waals surface area contributed by atoms with Crippen molar-refractivity contribution in [2.24, 2.45) is 0 Å². The number of aromatic amines is 1. The Bertz CT molecular complexity index is 927. The van der Waals surface area contributed by atoms with Crippen LogP contribution in [0.4, 0.5) is 5.82 Å². The summed E-state index contributed by atoms with van der Waals surface area (Å²) in [5.74, 6) is 2.75. The summed E-state index contributed by atoms with van der Waals surface area (Å²) < 4.78 is 2.07. The Balaban J connectivity index is 1.45. The summed E-state index contributed by atoms with van der Waals surface area (Å²) in [4.78, 5) is 4.51. The molecule has 0 unspecified atom stereocenters. The highest BCUT2D eigenvalue weighted by atomic mass is 15.6. The Labute approximate surface area is 145 Å². The van der Waals surface area contributed by atoms with Crippen molar-refractivity contribution in [2.45, 2.75) is 26.6 Å². The molecule has 0 amide bonds. The van der Waals surface area contributed by atoms with Crippen LogP contribution in [-0.2, 0) is 19.6 Å². The number of hydrogen-bond acceptors (Lipinski definition) is 5. The van der Waals surface area contributed by atoms with Gasteiger partial charge in [0, 0.05) is 37.2 Å². The van der Waals surface area contributed by atoms with Crippen LogP contribution in [0.5, 0.6) is 0 Å². The highest BCUT2D eigenvalue weighted by Gasteiger charge is 2.27. The number of rotatable bonds is 3. The van der Waals surface area contributed by atoms with Crippen molar-refractivity contribution >= 4 is 11.6 Å². The van der Waals surface area contributed by atoms with E-state index in [-0.39, 0.29) is 0 Å². The van der Waals surface area contributed by atoms with Crippen LogP contribution in [0.25, 0.3) is 5.82 Å². The van der Waals surface area contributed by atoms with Gasteiger partial charge in [-0.1, -0.05) is 24.3 Å². The zero-order chi connectivity index (χ0) is 16.8. The van der Waals surface area contributed by atoms with E-state index in [1.807, 2.05) is 25.4 Å². The molecule has 2 aromatic heterocycles. The smallest absolute Gasteiger partial charge is 0.153 e. The summed E-state index contributed by atoms with van der Waals surface area (Å²) in [6.45, 7) is 4.58. The number of hydrazine groups is 1. The van der Waals surface area contributed by atoms with E-state index in [0.29, 0.717) is 0 Å². The molecule has 0 saturated heterocycles. The number of imidazole rings is 1. The third-order valence-corrected chi connectivity index (χ3v) is 4.70. The summed E-state index contributed by atoms with van der Waals surface area (Å²) in [5, 5.41) is 15.2. The fourth-order valence-electron chi connectivity index (χ4n) is 3.45. The quantitative estimate of drug-likeness (QED) is 0.771. The molecule has 2 N–H and O–H groups in total. The van der Waals surface area contributed by atoms with Crippen LogP contribution < -0.4 is 5.32 Å². The van der Waals surface area contributed by atoms with Gasteiger partial charge in [0.1, 0.15) is 11.6 Å². The minimum atomic E-state index is 0.756. The maximum atomic E-state index is 4.51. The van der Waals surface area contributed by atoms with Crippen LogP contribution in [0.3, 0.4) is 0 Å². The van der Waals surface area contributed by atoms with Crippen LogP contribution in [0, 0.1) is 6.92 Å². The molecule has 7 heteroatoms. The zero-order valence-electron chi connectivity index (χ0n) is 14.0. The minimum Gasteiger partial charge on any atom is -0.323 e. The Hall–Kier alpha value is -3.06. The van der Waals surface area contributed by atoms with Gasteiger partial charge >= 0.3 is 0 Å². The first-order valence-corrected chi connectivity index (χ1v) is 8.38. The number of anilines is 1. The molecule has 0 saturated carbocycles. The van der Waals surface area contributed by atoms with Gasteiger partial charge in [0.15, 0.2) is 5.82 Å². The number of nitrogens with one attached hydrogen (secondary N) is 2. The molecule has 0 radical (unpaired) electrons. The maximum absolute atomic E-state index is 4.51. The summed E-state index contributed by atoms with van der Waals surface area (Å²) in [6, 6.07) is 10.6.